The van der Waals surface area contributed by atoms with Crippen LogP contribution in [0.5, 0.6) is 0 Å². The SMILES string of the molecule is CC(C)(C)NC1C2Cc3ccccc3C21. The highest BCUT2D eigenvalue weighted by atomic mass is 15.1. The van der Waals surface area contributed by atoms with Crippen LogP contribution in [0.4, 0.5) is 0 Å². The van der Waals surface area contributed by atoms with E-state index in [1.165, 1.54) is 6.42 Å². The summed E-state index contributed by atoms with van der Waals surface area (Å²) >= 11 is 0. The molecule has 0 bridgehead atoms. The van der Waals surface area contributed by atoms with Gasteiger partial charge in [0.25, 0.3) is 0 Å². The van der Waals surface area contributed by atoms with Gasteiger partial charge in [-0.25, -0.2) is 0 Å². The van der Waals surface area contributed by atoms with Gasteiger partial charge in [0.1, 0.15) is 0 Å². The molecule has 0 amide bonds. The minimum absolute atomic E-state index is 0.254. The molecule has 1 N–H and O–H groups in total. The van der Waals surface area contributed by atoms with Crippen LogP contribution in [0.2, 0.25) is 0 Å². The Bertz CT molecular complexity index is 389. The third kappa shape index (κ3) is 1.50. The van der Waals surface area contributed by atoms with E-state index in [9.17, 15) is 0 Å². The predicted octanol–water partition coefficient (Wildman–Crippen LogP) is 2.71. The molecule has 1 saturated carbocycles. The normalized spacial score (nSPS) is 32.3. The van der Waals surface area contributed by atoms with Gasteiger partial charge in [-0.1, -0.05) is 24.3 Å². The van der Waals surface area contributed by atoms with Crippen molar-refractivity contribution in [3.8, 4) is 0 Å². The van der Waals surface area contributed by atoms with Gasteiger partial charge < -0.3 is 5.32 Å². The monoisotopic (exact) mass is 201 g/mol. The Morgan fingerprint density at radius 1 is 1.20 bits per heavy atom. The van der Waals surface area contributed by atoms with Gasteiger partial charge in [-0.15, -0.1) is 0 Å². The Labute approximate surface area is 91.9 Å². The standard InChI is InChI=1S/C14H19N/c1-14(2,3)15-13-11-8-9-6-4-5-7-10(9)12(11)13/h4-7,11-13,15H,8H2,1-3H3. The van der Waals surface area contributed by atoms with Crippen molar-refractivity contribution in [2.24, 2.45) is 5.92 Å². The number of hydrogen-bond acceptors (Lipinski definition) is 1. The molecule has 3 rings (SSSR count). The van der Waals surface area contributed by atoms with Crippen LogP contribution in [-0.4, -0.2) is 11.6 Å². The lowest BCUT2D eigenvalue weighted by molar-refractivity contribution is 0.406. The molecule has 0 heterocycles. The fourth-order valence-electron chi connectivity index (χ4n) is 3.05. The lowest BCUT2D eigenvalue weighted by Gasteiger charge is -2.22. The lowest BCUT2D eigenvalue weighted by atomic mass is 10.0. The van der Waals surface area contributed by atoms with Crippen LogP contribution < -0.4 is 5.32 Å². The minimum Gasteiger partial charge on any atom is -0.308 e. The van der Waals surface area contributed by atoms with Gasteiger partial charge in [0.2, 0.25) is 0 Å². The summed E-state index contributed by atoms with van der Waals surface area (Å²) in [5.74, 6) is 1.68. The van der Waals surface area contributed by atoms with Gasteiger partial charge in [0, 0.05) is 17.5 Å². The zero-order chi connectivity index (χ0) is 10.6. The highest BCUT2D eigenvalue weighted by molar-refractivity contribution is 5.45. The maximum absolute atomic E-state index is 3.74. The molecule has 3 unspecified atom stereocenters. The smallest absolute Gasteiger partial charge is 0.0182 e. The first kappa shape index (κ1) is 9.41. The van der Waals surface area contributed by atoms with E-state index in [-0.39, 0.29) is 5.54 Å². The van der Waals surface area contributed by atoms with Crippen molar-refractivity contribution in [1.82, 2.24) is 5.32 Å². The fourth-order valence-corrected chi connectivity index (χ4v) is 3.05. The molecule has 2 aliphatic rings. The molecule has 1 nitrogen and oxygen atoms in total. The average molecular weight is 201 g/mol. The molecule has 1 aromatic rings. The number of fused-ring (bicyclic) bond motifs is 3. The van der Waals surface area contributed by atoms with Crippen LogP contribution in [0.3, 0.4) is 0 Å². The number of nitrogens with one attached hydrogen (secondary N) is 1. The van der Waals surface area contributed by atoms with Gasteiger partial charge in [-0.2, -0.15) is 0 Å². The van der Waals surface area contributed by atoms with Crippen molar-refractivity contribution >= 4 is 0 Å². The van der Waals surface area contributed by atoms with E-state index in [0.29, 0.717) is 0 Å². The first-order valence-corrected chi connectivity index (χ1v) is 5.92. The summed E-state index contributed by atoms with van der Waals surface area (Å²) in [7, 11) is 0. The van der Waals surface area contributed by atoms with E-state index in [1.807, 2.05) is 0 Å². The van der Waals surface area contributed by atoms with E-state index >= 15 is 0 Å². The first-order valence-electron chi connectivity index (χ1n) is 5.92. The van der Waals surface area contributed by atoms with Gasteiger partial charge in [-0.3, -0.25) is 0 Å². The third-order valence-corrected chi connectivity index (χ3v) is 3.64. The second-order valence-corrected chi connectivity index (χ2v) is 6.01. The molecule has 0 spiro atoms. The van der Waals surface area contributed by atoms with Crippen molar-refractivity contribution in [2.45, 2.75) is 44.7 Å². The third-order valence-electron chi connectivity index (χ3n) is 3.64. The number of rotatable bonds is 1. The number of hydrogen-bond donors (Lipinski definition) is 1. The molecular formula is C14H19N. The van der Waals surface area contributed by atoms with Crippen LogP contribution >= 0.6 is 0 Å². The largest absolute Gasteiger partial charge is 0.308 e. The van der Waals surface area contributed by atoms with Crippen molar-refractivity contribution in [2.75, 3.05) is 0 Å². The summed E-state index contributed by atoms with van der Waals surface area (Å²) in [5, 5.41) is 3.74. The molecule has 0 aliphatic heterocycles. The van der Waals surface area contributed by atoms with Crippen LogP contribution in [0.1, 0.15) is 37.8 Å². The molecule has 80 valence electrons. The van der Waals surface area contributed by atoms with Crippen LogP contribution in [-0.2, 0) is 6.42 Å². The van der Waals surface area contributed by atoms with E-state index in [2.05, 4.69) is 50.4 Å². The van der Waals surface area contributed by atoms with E-state index in [0.717, 1.165) is 17.9 Å². The fraction of sp³-hybridized carbons (Fsp3) is 0.571. The van der Waals surface area contributed by atoms with Crippen LogP contribution in [0, 0.1) is 5.92 Å². The molecule has 0 saturated heterocycles. The summed E-state index contributed by atoms with van der Waals surface area (Å²) in [5.41, 5.74) is 3.44. The zero-order valence-electron chi connectivity index (χ0n) is 9.75. The molecule has 0 aromatic heterocycles. The van der Waals surface area contributed by atoms with Crippen molar-refractivity contribution in [3.05, 3.63) is 35.4 Å². The van der Waals surface area contributed by atoms with Crippen LogP contribution in [0.25, 0.3) is 0 Å². The van der Waals surface area contributed by atoms with Crippen LogP contribution in [0.15, 0.2) is 24.3 Å². The summed E-state index contributed by atoms with van der Waals surface area (Å²) < 4.78 is 0. The highest BCUT2D eigenvalue weighted by Gasteiger charge is 2.56. The highest BCUT2D eigenvalue weighted by Crippen LogP contribution is 2.56. The van der Waals surface area contributed by atoms with E-state index in [4.69, 9.17) is 0 Å². The summed E-state index contributed by atoms with van der Waals surface area (Å²) in [6.07, 6.45) is 1.29. The van der Waals surface area contributed by atoms with Gasteiger partial charge in [-0.05, 0) is 44.2 Å². The van der Waals surface area contributed by atoms with Crippen molar-refractivity contribution < 1.29 is 0 Å². The topological polar surface area (TPSA) is 12.0 Å². The van der Waals surface area contributed by atoms with E-state index in [1.54, 1.807) is 11.1 Å². The molecule has 15 heavy (non-hydrogen) atoms. The van der Waals surface area contributed by atoms with Gasteiger partial charge in [0.05, 0.1) is 0 Å². The Balaban J connectivity index is 1.79. The Morgan fingerprint density at radius 3 is 2.67 bits per heavy atom. The molecule has 1 fully saturated rings. The first-order chi connectivity index (χ1) is 7.06. The molecule has 3 atom stereocenters. The quantitative estimate of drug-likeness (QED) is 0.736. The Kier molecular flexibility index (Phi) is 1.79. The van der Waals surface area contributed by atoms with Crippen molar-refractivity contribution in [1.29, 1.82) is 0 Å². The maximum Gasteiger partial charge on any atom is 0.0182 e. The summed E-state index contributed by atoms with van der Waals surface area (Å²) in [6.45, 7) is 6.77. The maximum atomic E-state index is 3.74. The Morgan fingerprint density at radius 2 is 1.93 bits per heavy atom. The average Bonchev–Trinajstić information content (AvgIpc) is 2.67. The molecular weight excluding hydrogens is 182 g/mol. The minimum atomic E-state index is 0.254. The van der Waals surface area contributed by atoms with Gasteiger partial charge in [0.15, 0.2) is 0 Å². The van der Waals surface area contributed by atoms with Crippen molar-refractivity contribution in [3.63, 3.8) is 0 Å². The molecule has 2 aliphatic carbocycles. The lowest BCUT2D eigenvalue weighted by Crippen LogP contribution is -2.39. The number of benzene rings is 1. The molecule has 0 radical (unpaired) electrons. The van der Waals surface area contributed by atoms with Gasteiger partial charge >= 0.3 is 0 Å². The predicted molar refractivity (Wildman–Crippen MR) is 63.1 cm³/mol. The Hall–Kier alpha value is -0.820. The summed E-state index contributed by atoms with van der Waals surface area (Å²) in [4.78, 5) is 0. The zero-order valence-corrected chi connectivity index (χ0v) is 9.75. The summed E-state index contributed by atoms with van der Waals surface area (Å²) in [6, 6.07) is 9.67. The molecule has 1 aromatic carbocycles. The second-order valence-electron chi connectivity index (χ2n) is 6.01. The second kappa shape index (κ2) is 2.85. The van der Waals surface area contributed by atoms with E-state index < -0.39 is 0 Å². The molecule has 1 heteroatoms.